The van der Waals surface area contributed by atoms with Crippen LogP contribution in [0.1, 0.15) is 6.42 Å². The molecule has 0 aromatic rings. The molecule has 3 aliphatic heterocycles. The maximum atomic E-state index is 4.34. The normalized spacial score (nSPS) is 40.6. The number of rotatable bonds is 0. The first-order valence-electron chi connectivity index (χ1n) is 4.91. The molecule has 0 saturated carbocycles. The minimum absolute atomic E-state index is 0.613. The molecule has 0 aromatic carbocycles. The number of fused-ring (bicyclic) bond motifs is 3. The predicted molar refractivity (Wildman–Crippen MR) is 53.1 cm³/mol. The van der Waals surface area contributed by atoms with Gasteiger partial charge in [0.15, 0.2) is 0 Å². The number of nitrogens with zero attached hydrogens (tertiary/aromatic N) is 3. The van der Waals surface area contributed by atoms with E-state index in [0.29, 0.717) is 17.9 Å². The highest BCUT2D eigenvalue weighted by Gasteiger charge is 2.37. The fourth-order valence-corrected chi connectivity index (χ4v) is 2.55. The Morgan fingerprint density at radius 2 is 2.38 bits per heavy atom. The first kappa shape index (κ1) is 7.30. The lowest BCUT2D eigenvalue weighted by atomic mass is 9.80. The lowest BCUT2D eigenvalue weighted by molar-refractivity contribution is 0.192. The van der Waals surface area contributed by atoms with Gasteiger partial charge in [0.1, 0.15) is 0 Å². The smallest absolute Gasteiger partial charge is 0.0854 e. The van der Waals surface area contributed by atoms with Gasteiger partial charge in [0, 0.05) is 30.8 Å². The highest BCUT2D eigenvalue weighted by atomic mass is 15.2. The van der Waals surface area contributed by atoms with Gasteiger partial charge in [-0.15, -0.1) is 0 Å². The highest BCUT2D eigenvalue weighted by Crippen LogP contribution is 2.32. The summed E-state index contributed by atoms with van der Waals surface area (Å²) < 4.78 is 0. The summed E-state index contributed by atoms with van der Waals surface area (Å²) in [4.78, 5) is 10.9. The van der Waals surface area contributed by atoms with Crippen LogP contribution in [-0.2, 0) is 0 Å². The Balaban J connectivity index is 1.88. The van der Waals surface area contributed by atoms with E-state index < -0.39 is 0 Å². The first-order valence-corrected chi connectivity index (χ1v) is 4.91. The van der Waals surface area contributed by atoms with Gasteiger partial charge in [-0.1, -0.05) is 6.08 Å². The molecule has 1 fully saturated rings. The SMILES string of the molecule is C1=CC2C(C=N1)CCN1C=NCC21. The van der Waals surface area contributed by atoms with E-state index in [0.717, 1.165) is 13.1 Å². The quantitative estimate of drug-likeness (QED) is 0.538. The van der Waals surface area contributed by atoms with E-state index in [1.165, 1.54) is 6.42 Å². The summed E-state index contributed by atoms with van der Waals surface area (Å²) in [5.41, 5.74) is 0. The largest absolute Gasteiger partial charge is 0.357 e. The van der Waals surface area contributed by atoms with Crippen LogP contribution in [0.5, 0.6) is 0 Å². The van der Waals surface area contributed by atoms with Crippen molar-refractivity contribution in [2.24, 2.45) is 21.8 Å². The second-order valence-electron chi connectivity index (χ2n) is 3.96. The summed E-state index contributed by atoms with van der Waals surface area (Å²) in [6, 6.07) is 0.613. The summed E-state index contributed by atoms with van der Waals surface area (Å²) >= 11 is 0. The van der Waals surface area contributed by atoms with Crippen molar-refractivity contribution in [3.63, 3.8) is 0 Å². The van der Waals surface area contributed by atoms with Crippen LogP contribution in [0.4, 0.5) is 0 Å². The maximum absolute atomic E-state index is 4.34. The van der Waals surface area contributed by atoms with Gasteiger partial charge in [0.2, 0.25) is 0 Å². The Morgan fingerprint density at radius 1 is 1.38 bits per heavy atom. The molecule has 0 aliphatic carbocycles. The lowest BCUT2D eigenvalue weighted by Gasteiger charge is -2.39. The zero-order chi connectivity index (χ0) is 8.67. The molecule has 0 amide bonds. The molecule has 3 nitrogen and oxygen atoms in total. The average Bonchev–Trinajstić information content (AvgIpc) is 2.65. The molecular formula is C10H13N3. The Bertz CT molecular complexity index is 293. The van der Waals surface area contributed by atoms with E-state index in [4.69, 9.17) is 0 Å². The third-order valence-corrected chi connectivity index (χ3v) is 3.28. The third kappa shape index (κ3) is 1.03. The Labute approximate surface area is 77.9 Å². The van der Waals surface area contributed by atoms with E-state index in [1.807, 2.05) is 12.5 Å². The van der Waals surface area contributed by atoms with Crippen molar-refractivity contribution in [1.29, 1.82) is 0 Å². The number of hydrogen-bond acceptors (Lipinski definition) is 3. The molecule has 3 aliphatic rings. The van der Waals surface area contributed by atoms with Crippen LogP contribution in [-0.4, -0.2) is 36.6 Å². The van der Waals surface area contributed by atoms with Crippen LogP contribution in [0.2, 0.25) is 0 Å². The number of hydrogen-bond donors (Lipinski definition) is 0. The topological polar surface area (TPSA) is 28.0 Å². The molecule has 0 bridgehead atoms. The van der Waals surface area contributed by atoms with Gasteiger partial charge in [-0.3, -0.25) is 9.98 Å². The molecule has 3 unspecified atom stereocenters. The molecule has 68 valence electrons. The van der Waals surface area contributed by atoms with Crippen molar-refractivity contribution in [3.05, 3.63) is 12.3 Å². The van der Waals surface area contributed by atoms with Crippen LogP contribution in [0.3, 0.4) is 0 Å². The molecule has 3 rings (SSSR count). The predicted octanol–water partition coefficient (Wildman–Crippen LogP) is 0.933. The van der Waals surface area contributed by atoms with Crippen molar-refractivity contribution in [1.82, 2.24) is 4.90 Å². The molecule has 13 heavy (non-hydrogen) atoms. The first-order chi connectivity index (χ1) is 6.45. The Kier molecular flexibility index (Phi) is 1.51. The van der Waals surface area contributed by atoms with Crippen LogP contribution >= 0.6 is 0 Å². The maximum Gasteiger partial charge on any atom is 0.0854 e. The minimum Gasteiger partial charge on any atom is -0.357 e. The molecule has 0 radical (unpaired) electrons. The van der Waals surface area contributed by atoms with Gasteiger partial charge >= 0.3 is 0 Å². The molecule has 0 N–H and O–H groups in total. The van der Waals surface area contributed by atoms with E-state index in [9.17, 15) is 0 Å². The zero-order valence-electron chi connectivity index (χ0n) is 7.50. The van der Waals surface area contributed by atoms with Gasteiger partial charge in [-0.2, -0.15) is 0 Å². The van der Waals surface area contributed by atoms with Crippen molar-refractivity contribution in [2.75, 3.05) is 13.1 Å². The molecule has 1 saturated heterocycles. The summed E-state index contributed by atoms with van der Waals surface area (Å²) in [6.07, 6.45) is 9.53. The Morgan fingerprint density at radius 3 is 3.38 bits per heavy atom. The second-order valence-corrected chi connectivity index (χ2v) is 3.96. The van der Waals surface area contributed by atoms with Crippen LogP contribution in [0.15, 0.2) is 22.3 Å². The fraction of sp³-hybridized carbons (Fsp3) is 0.600. The van der Waals surface area contributed by atoms with Crippen LogP contribution in [0.25, 0.3) is 0 Å². The highest BCUT2D eigenvalue weighted by molar-refractivity contribution is 5.66. The van der Waals surface area contributed by atoms with Crippen molar-refractivity contribution in [3.8, 4) is 0 Å². The monoisotopic (exact) mass is 175 g/mol. The van der Waals surface area contributed by atoms with Crippen LogP contribution < -0.4 is 0 Å². The standard InChI is InChI=1S/C10H13N3/c1-3-11-5-8-2-4-13-7-12-6-10(13)9(1)8/h1,3,5,7-10H,2,4,6H2. The molecule has 3 atom stereocenters. The van der Waals surface area contributed by atoms with E-state index in [-0.39, 0.29) is 0 Å². The van der Waals surface area contributed by atoms with Crippen molar-refractivity contribution < 1.29 is 0 Å². The average molecular weight is 175 g/mol. The summed E-state index contributed by atoms with van der Waals surface area (Å²) in [5, 5.41) is 0. The number of piperidine rings is 1. The number of aliphatic imine (C=N–C) groups is 2. The van der Waals surface area contributed by atoms with Crippen molar-refractivity contribution >= 4 is 12.6 Å². The zero-order valence-corrected chi connectivity index (χ0v) is 7.50. The molecule has 0 spiro atoms. The summed E-state index contributed by atoms with van der Waals surface area (Å²) in [6.45, 7) is 2.12. The van der Waals surface area contributed by atoms with Gasteiger partial charge in [-0.05, 0) is 6.42 Å². The van der Waals surface area contributed by atoms with Gasteiger partial charge in [-0.25, -0.2) is 0 Å². The van der Waals surface area contributed by atoms with E-state index >= 15 is 0 Å². The van der Waals surface area contributed by atoms with Gasteiger partial charge < -0.3 is 4.90 Å². The third-order valence-electron chi connectivity index (χ3n) is 3.28. The second kappa shape index (κ2) is 2.69. The summed E-state index contributed by atoms with van der Waals surface area (Å²) in [7, 11) is 0. The van der Waals surface area contributed by atoms with Crippen molar-refractivity contribution in [2.45, 2.75) is 12.5 Å². The van der Waals surface area contributed by atoms with Crippen LogP contribution in [0, 0.1) is 11.8 Å². The fourth-order valence-electron chi connectivity index (χ4n) is 2.55. The molecule has 0 aromatic heterocycles. The Hall–Kier alpha value is -1.12. The lowest BCUT2D eigenvalue weighted by Crippen LogP contribution is -2.47. The molecule has 3 heteroatoms. The van der Waals surface area contributed by atoms with Gasteiger partial charge in [0.25, 0.3) is 0 Å². The van der Waals surface area contributed by atoms with Gasteiger partial charge in [0.05, 0.1) is 18.9 Å². The molecular weight excluding hydrogens is 162 g/mol. The van der Waals surface area contributed by atoms with E-state index in [2.05, 4.69) is 27.2 Å². The van der Waals surface area contributed by atoms with E-state index in [1.54, 1.807) is 0 Å². The minimum atomic E-state index is 0.613. The summed E-state index contributed by atoms with van der Waals surface area (Å²) in [5.74, 6) is 1.31. The molecule has 3 heterocycles.